The van der Waals surface area contributed by atoms with E-state index in [-0.39, 0.29) is 0 Å². The second kappa shape index (κ2) is 2.44. The zero-order chi connectivity index (χ0) is 8.72. The van der Waals surface area contributed by atoms with Crippen molar-refractivity contribution >= 4 is 6.29 Å². The van der Waals surface area contributed by atoms with E-state index in [9.17, 15) is 4.79 Å². The highest BCUT2D eigenvalue weighted by molar-refractivity contribution is 5.80. The SMILES string of the molecule is CC1c2cccc(C=O)c2C1C. The number of hydrogen-bond acceptors (Lipinski definition) is 1. The van der Waals surface area contributed by atoms with Crippen LogP contribution in [0.25, 0.3) is 0 Å². The number of carbonyl (C=O) groups excluding carboxylic acids is 1. The average Bonchev–Trinajstić information content (AvgIpc) is 2.15. The molecule has 1 heteroatoms. The number of fused-ring (bicyclic) bond motifs is 1. The van der Waals surface area contributed by atoms with Crippen molar-refractivity contribution in [3.05, 3.63) is 34.9 Å². The largest absolute Gasteiger partial charge is 0.298 e. The Morgan fingerprint density at radius 2 is 2.00 bits per heavy atom. The summed E-state index contributed by atoms with van der Waals surface area (Å²) in [6, 6.07) is 5.98. The highest BCUT2D eigenvalue weighted by atomic mass is 16.1. The van der Waals surface area contributed by atoms with E-state index < -0.39 is 0 Å². The maximum Gasteiger partial charge on any atom is 0.150 e. The van der Waals surface area contributed by atoms with E-state index in [4.69, 9.17) is 0 Å². The normalized spacial score (nSPS) is 25.8. The van der Waals surface area contributed by atoms with E-state index in [1.807, 2.05) is 12.1 Å². The minimum absolute atomic E-state index is 0.557. The van der Waals surface area contributed by atoms with Crippen molar-refractivity contribution in [1.29, 1.82) is 0 Å². The zero-order valence-corrected chi connectivity index (χ0v) is 7.37. The number of carbonyl (C=O) groups is 1. The fourth-order valence-corrected chi connectivity index (χ4v) is 2.05. The van der Waals surface area contributed by atoms with Crippen molar-refractivity contribution in [2.45, 2.75) is 25.7 Å². The Morgan fingerprint density at radius 3 is 2.67 bits per heavy atom. The molecular weight excluding hydrogens is 148 g/mol. The first-order valence-electron chi connectivity index (χ1n) is 4.33. The Balaban J connectivity index is 2.58. The van der Waals surface area contributed by atoms with E-state index in [0.29, 0.717) is 11.8 Å². The van der Waals surface area contributed by atoms with Gasteiger partial charge in [-0.1, -0.05) is 32.0 Å². The van der Waals surface area contributed by atoms with Gasteiger partial charge in [-0.15, -0.1) is 0 Å². The molecule has 2 unspecified atom stereocenters. The van der Waals surface area contributed by atoms with Gasteiger partial charge >= 0.3 is 0 Å². The van der Waals surface area contributed by atoms with E-state index in [1.54, 1.807) is 0 Å². The topological polar surface area (TPSA) is 17.1 Å². The molecule has 0 saturated carbocycles. The number of benzene rings is 1. The molecule has 12 heavy (non-hydrogen) atoms. The summed E-state index contributed by atoms with van der Waals surface area (Å²) in [5, 5.41) is 0. The van der Waals surface area contributed by atoms with Crippen LogP contribution in [0.2, 0.25) is 0 Å². The molecule has 0 heterocycles. The highest BCUT2D eigenvalue weighted by Crippen LogP contribution is 2.46. The number of rotatable bonds is 1. The molecule has 0 aliphatic heterocycles. The van der Waals surface area contributed by atoms with Crippen LogP contribution in [0.3, 0.4) is 0 Å². The molecule has 2 atom stereocenters. The lowest BCUT2D eigenvalue weighted by Gasteiger charge is -2.35. The molecule has 0 spiro atoms. The summed E-state index contributed by atoms with van der Waals surface area (Å²) in [5.41, 5.74) is 3.49. The Hall–Kier alpha value is -1.11. The first kappa shape index (κ1) is 7.53. The van der Waals surface area contributed by atoms with Crippen molar-refractivity contribution in [3.63, 3.8) is 0 Å². The second-order valence-corrected chi connectivity index (χ2v) is 3.55. The first-order chi connectivity index (χ1) is 5.75. The first-order valence-corrected chi connectivity index (χ1v) is 4.33. The quantitative estimate of drug-likeness (QED) is 0.577. The molecule has 0 aromatic heterocycles. The van der Waals surface area contributed by atoms with Gasteiger partial charge in [0, 0.05) is 5.56 Å². The van der Waals surface area contributed by atoms with E-state index in [2.05, 4.69) is 19.9 Å². The van der Waals surface area contributed by atoms with Crippen LogP contribution in [-0.4, -0.2) is 6.29 Å². The molecule has 1 aromatic carbocycles. The molecule has 1 nitrogen and oxygen atoms in total. The molecule has 2 rings (SSSR count). The van der Waals surface area contributed by atoms with Gasteiger partial charge in [0.25, 0.3) is 0 Å². The number of aldehydes is 1. The molecular formula is C11H12O. The fourth-order valence-electron chi connectivity index (χ4n) is 2.05. The Bertz CT molecular complexity index is 328. The Labute approximate surface area is 72.4 Å². The molecule has 0 radical (unpaired) electrons. The van der Waals surface area contributed by atoms with Gasteiger partial charge in [0.05, 0.1) is 0 Å². The monoisotopic (exact) mass is 160 g/mol. The van der Waals surface area contributed by atoms with Gasteiger partial charge in [-0.25, -0.2) is 0 Å². The van der Waals surface area contributed by atoms with Crippen LogP contribution in [0.1, 0.15) is 47.2 Å². The van der Waals surface area contributed by atoms with Crippen LogP contribution >= 0.6 is 0 Å². The summed E-state index contributed by atoms with van der Waals surface area (Å²) in [4.78, 5) is 10.7. The third-order valence-corrected chi connectivity index (χ3v) is 3.00. The molecule has 0 fully saturated rings. The molecule has 1 aromatic rings. The summed E-state index contributed by atoms with van der Waals surface area (Å²) in [7, 11) is 0. The lowest BCUT2D eigenvalue weighted by Crippen LogP contribution is -2.21. The molecule has 0 saturated heterocycles. The van der Waals surface area contributed by atoms with Gasteiger partial charge in [-0.05, 0) is 23.0 Å². The summed E-state index contributed by atoms with van der Waals surface area (Å²) in [5.74, 6) is 1.18. The minimum Gasteiger partial charge on any atom is -0.298 e. The summed E-state index contributed by atoms with van der Waals surface area (Å²) in [6.07, 6.45) is 0.960. The van der Waals surface area contributed by atoms with Crippen LogP contribution < -0.4 is 0 Å². The highest BCUT2D eigenvalue weighted by Gasteiger charge is 2.32. The summed E-state index contributed by atoms with van der Waals surface area (Å²) < 4.78 is 0. The van der Waals surface area contributed by atoms with Crippen LogP contribution in [-0.2, 0) is 0 Å². The maximum absolute atomic E-state index is 10.7. The van der Waals surface area contributed by atoms with Crippen LogP contribution in [0.15, 0.2) is 18.2 Å². The van der Waals surface area contributed by atoms with Gasteiger partial charge in [-0.2, -0.15) is 0 Å². The number of hydrogen-bond donors (Lipinski definition) is 0. The molecule has 1 aliphatic carbocycles. The molecule has 1 aliphatic rings. The maximum atomic E-state index is 10.7. The van der Waals surface area contributed by atoms with Gasteiger partial charge in [0.15, 0.2) is 0 Å². The van der Waals surface area contributed by atoms with Gasteiger partial charge < -0.3 is 0 Å². The van der Waals surface area contributed by atoms with Crippen molar-refractivity contribution in [1.82, 2.24) is 0 Å². The lowest BCUT2D eigenvalue weighted by molar-refractivity contribution is 0.112. The predicted molar refractivity (Wildman–Crippen MR) is 48.7 cm³/mol. The summed E-state index contributed by atoms with van der Waals surface area (Å²) >= 11 is 0. The summed E-state index contributed by atoms with van der Waals surface area (Å²) in [6.45, 7) is 4.39. The van der Waals surface area contributed by atoms with Crippen molar-refractivity contribution in [2.75, 3.05) is 0 Å². The van der Waals surface area contributed by atoms with E-state index in [1.165, 1.54) is 11.1 Å². The van der Waals surface area contributed by atoms with Crippen molar-refractivity contribution < 1.29 is 4.79 Å². The Morgan fingerprint density at radius 1 is 1.25 bits per heavy atom. The molecule has 0 N–H and O–H groups in total. The van der Waals surface area contributed by atoms with E-state index in [0.717, 1.165) is 11.8 Å². The molecule has 0 amide bonds. The fraction of sp³-hybridized carbons (Fsp3) is 0.364. The Kier molecular flexibility index (Phi) is 1.53. The van der Waals surface area contributed by atoms with Crippen LogP contribution in [0.4, 0.5) is 0 Å². The lowest BCUT2D eigenvalue weighted by atomic mass is 9.68. The van der Waals surface area contributed by atoms with Crippen molar-refractivity contribution in [2.24, 2.45) is 0 Å². The van der Waals surface area contributed by atoms with Crippen LogP contribution in [0, 0.1) is 0 Å². The van der Waals surface area contributed by atoms with Gasteiger partial charge in [-0.3, -0.25) is 4.79 Å². The average molecular weight is 160 g/mol. The zero-order valence-electron chi connectivity index (χ0n) is 7.37. The molecule has 0 bridgehead atoms. The van der Waals surface area contributed by atoms with Crippen LogP contribution in [0.5, 0.6) is 0 Å². The predicted octanol–water partition coefficient (Wildman–Crippen LogP) is 2.72. The molecule has 62 valence electrons. The second-order valence-electron chi connectivity index (χ2n) is 3.55. The smallest absolute Gasteiger partial charge is 0.150 e. The minimum atomic E-state index is 0.557. The van der Waals surface area contributed by atoms with Gasteiger partial charge in [0.2, 0.25) is 0 Å². The standard InChI is InChI=1S/C11H12O/c1-7-8(2)11-9(6-12)4-3-5-10(7)11/h3-8H,1-2H3. The van der Waals surface area contributed by atoms with Gasteiger partial charge in [0.1, 0.15) is 6.29 Å². The van der Waals surface area contributed by atoms with Crippen molar-refractivity contribution in [3.8, 4) is 0 Å². The van der Waals surface area contributed by atoms with E-state index >= 15 is 0 Å². The third-order valence-electron chi connectivity index (χ3n) is 3.00. The third kappa shape index (κ3) is 0.765.